The van der Waals surface area contributed by atoms with Gasteiger partial charge in [0.05, 0.1) is 17.7 Å². The average Bonchev–Trinajstić information content (AvgIpc) is 2.98. The van der Waals surface area contributed by atoms with E-state index in [1.54, 1.807) is 48.5 Å². The Bertz CT molecular complexity index is 1290. The van der Waals surface area contributed by atoms with E-state index >= 15 is 0 Å². The van der Waals surface area contributed by atoms with Crippen LogP contribution in [0.3, 0.4) is 0 Å². The van der Waals surface area contributed by atoms with Gasteiger partial charge in [-0.05, 0) is 85.6 Å². The molecule has 0 heterocycles. The molecule has 0 fully saturated rings. The van der Waals surface area contributed by atoms with Crippen LogP contribution in [-0.4, -0.2) is 29.6 Å². The van der Waals surface area contributed by atoms with Crippen LogP contribution in [0.15, 0.2) is 78.4 Å². The summed E-state index contributed by atoms with van der Waals surface area (Å²) in [6.07, 6.45) is 11.5. The van der Waals surface area contributed by atoms with Gasteiger partial charge in [0.15, 0.2) is 0 Å². The molecule has 3 rings (SSSR count). The molecule has 0 radical (unpaired) electrons. The maximum Gasteiger partial charge on any atom is 0.343 e. The van der Waals surface area contributed by atoms with Crippen molar-refractivity contribution in [1.29, 1.82) is 0 Å². The minimum Gasteiger partial charge on any atom is -0.494 e. The van der Waals surface area contributed by atoms with Crippen LogP contribution < -0.4 is 14.2 Å². The largest absolute Gasteiger partial charge is 0.494 e. The Balaban J connectivity index is 1.42. The van der Waals surface area contributed by atoms with Crippen LogP contribution in [0.2, 0.25) is 0 Å². The first-order valence-electron chi connectivity index (χ1n) is 14.1. The summed E-state index contributed by atoms with van der Waals surface area (Å²) in [4.78, 5) is 36.0. The monoisotopic (exact) mass is 558 g/mol. The zero-order chi connectivity index (χ0) is 29.5. The van der Waals surface area contributed by atoms with Gasteiger partial charge in [-0.3, -0.25) is 0 Å². The maximum atomic E-state index is 12.6. The molecule has 0 amide bonds. The molecule has 0 aliphatic carbocycles. The minimum atomic E-state index is -0.998. The number of rotatable bonds is 16. The van der Waals surface area contributed by atoms with Crippen LogP contribution in [0.5, 0.6) is 17.2 Å². The highest BCUT2D eigenvalue weighted by molar-refractivity contribution is 5.93. The lowest BCUT2D eigenvalue weighted by molar-refractivity contribution is -0.132. The number of hydrogen-bond acceptors (Lipinski definition) is 6. The van der Waals surface area contributed by atoms with Gasteiger partial charge in [0.2, 0.25) is 0 Å². The second-order valence-corrected chi connectivity index (χ2v) is 9.85. The van der Waals surface area contributed by atoms with Crippen LogP contribution in [-0.2, 0) is 4.79 Å². The molecule has 7 nitrogen and oxygen atoms in total. The molecule has 0 aromatic heterocycles. The summed E-state index contributed by atoms with van der Waals surface area (Å²) >= 11 is 0. The van der Waals surface area contributed by atoms with Crippen molar-refractivity contribution in [1.82, 2.24) is 0 Å². The fourth-order valence-corrected chi connectivity index (χ4v) is 4.05. The van der Waals surface area contributed by atoms with Crippen LogP contribution in [0.1, 0.15) is 91.5 Å². The van der Waals surface area contributed by atoms with E-state index in [2.05, 4.69) is 6.92 Å². The van der Waals surface area contributed by atoms with Gasteiger partial charge in [0.25, 0.3) is 0 Å². The molecule has 3 aromatic carbocycles. The normalized spacial score (nSPS) is 11.1. The predicted molar refractivity (Wildman–Crippen MR) is 159 cm³/mol. The molecule has 0 atom stereocenters. The Morgan fingerprint density at radius 1 is 0.634 bits per heavy atom. The van der Waals surface area contributed by atoms with Crippen molar-refractivity contribution in [2.45, 2.75) is 65.2 Å². The third-order valence-corrected chi connectivity index (χ3v) is 6.47. The van der Waals surface area contributed by atoms with Crippen LogP contribution in [0, 0.1) is 0 Å². The number of hydrogen-bond donors (Lipinski definition) is 1. The fraction of sp³-hybridized carbons (Fsp3) is 0.324. The van der Waals surface area contributed by atoms with Crippen molar-refractivity contribution in [3.63, 3.8) is 0 Å². The number of unbranched alkanes of at least 4 members (excludes halogenated alkanes) is 7. The standard InChI is InChI=1S/C34H38O7/c1-3-4-5-6-7-8-9-10-23-39-29-19-13-27(14-20-29)33(37)41-31-21-15-28(16-22-31)34(38)40-30-17-11-26(12-18-30)24-25(2)32(35)36/h11-22,24H,3-10,23H2,1-2H3,(H,35,36). The van der Waals surface area contributed by atoms with E-state index in [0.29, 0.717) is 35.0 Å². The number of carboxylic acid groups (broad SMARTS) is 1. The van der Waals surface area contributed by atoms with Crippen LogP contribution in [0.4, 0.5) is 0 Å². The van der Waals surface area contributed by atoms with Gasteiger partial charge in [-0.25, -0.2) is 14.4 Å². The lowest BCUT2D eigenvalue weighted by Crippen LogP contribution is -2.10. The van der Waals surface area contributed by atoms with Crippen molar-refractivity contribution >= 4 is 24.0 Å². The van der Waals surface area contributed by atoms with E-state index in [4.69, 9.17) is 19.3 Å². The van der Waals surface area contributed by atoms with E-state index in [1.807, 2.05) is 0 Å². The number of carbonyl (C=O) groups is 3. The highest BCUT2D eigenvalue weighted by Crippen LogP contribution is 2.20. The molecule has 216 valence electrons. The second kappa shape index (κ2) is 16.7. The maximum absolute atomic E-state index is 12.6. The summed E-state index contributed by atoms with van der Waals surface area (Å²) in [5.74, 6) is -0.749. The number of benzene rings is 3. The number of carbonyl (C=O) groups excluding carboxylic acids is 2. The summed E-state index contributed by atoms with van der Waals surface area (Å²) in [5.41, 5.74) is 1.56. The number of esters is 2. The molecule has 0 unspecified atom stereocenters. The van der Waals surface area contributed by atoms with Crippen molar-refractivity contribution in [2.24, 2.45) is 0 Å². The molecule has 1 N–H and O–H groups in total. The quantitative estimate of drug-likeness (QED) is 0.0820. The molecule has 0 aliphatic heterocycles. The van der Waals surface area contributed by atoms with E-state index in [0.717, 1.165) is 12.8 Å². The zero-order valence-electron chi connectivity index (χ0n) is 23.8. The Morgan fingerprint density at radius 2 is 1.07 bits per heavy atom. The molecule has 0 bridgehead atoms. The SMILES string of the molecule is CCCCCCCCCCOc1ccc(C(=O)Oc2ccc(C(=O)Oc3ccc(C=C(C)C(=O)O)cc3)cc2)cc1. The number of aliphatic carboxylic acids is 1. The average molecular weight is 559 g/mol. The Hall–Kier alpha value is -4.39. The number of ether oxygens (including phenoxy) is 3. The van der Waals surface area contributed by atoms with Crippen LogP contribution >= 0.6 is 0 Å². The van der Waals surface area contributed by atoms with E-state index in [9.17, 15) is 14.4 Å². The summed E-state index contributed by atoms with van der Waals surface area (Å²) < 4.78 is 16.6. The lowest BCUT2D eigenvalue weighted by Gasteiger charge is -2.08. The molecule has 0 spiro atoms. The van der Waals surface area contributed by atoms with Gasteiger partial charge in [-0.2, -0.15) is 0 Å². The van der Waals surface area contributed by atoms with Gasteiger partial charge in [-0.1, -0.05) is 64.0 Å². The summed E-state index contributed by atoms with van der Waals surface area (Å²) in [6, 6.07) is 19.4. The van der Waals surface area contributed by atoms with Crippen molar-refractivity contribution < 1.29 is 33.7 Å². The Morgan fingerprint density at radius 3 is 1.56 bits per heavy atom. The first-order chi connectivity index (χ1) is 19.9. The highest BCUT2D eigenvalue weighted by atomic mass is 16.5. The summed E-state index contributed by atoms with van der Waals surface area (Å²) in [5, 5.41) is 8.98. The molecule has 41 heavy (non-hydrogen) atoms. The van der Waals surface area contributed by atoms with Crippen molar-refractivity contribution in [2.75, 3.05) is 6.61 Å². The Kier molecular flexibility index (Phi) is 12.6. The zero-order valence-corrected chi connectivity index (χ0v) is 23.8. The van der Waals surface area contributed by atoms with E-state index < -0.39 is 17.9 Å². The summed E-state index contributed by atoms with van der Waals surface area (Å²) in [6.45, 7) is 4.38. The van der Waals surface area contributed by atoms with Crippen molar-refractivity contribution in [3.05, 3.63) is 95.1 Å². The minimum absolute atomic E-state index is 0.200. The molecule has 0 saturated carbocycles. The smallest absolute Gasteiger partial charge is 0.343 e. The lowest BCUT2D eigenvalue weighted by atomic mass is 10.1. The topological polar surface area (TPSA) is 99.1 Å². The van der Waals surface area contributed by atoms with Crippen molar-refractivity contribution in [3.8, 4) is 17.2 Å². The van der Waals surface area contributed by atoms with Crippen LogP contribution in [0.25, 0.3) is 6.08 Å². The summed E-state index contributed by atoms with van der Waals surface area (Å²) in [7, 11) is 0. The Labute approximate surface area is 241 Å². The molecular weight excluding hydrogens is 520 g/mol. The first-order valence-corrected chi connectivity index (χ1v) is 14.1. The second-order valence-electron chi connectivity index (χ2n) is 9.85. The van der Waals surface area contributed by atoms with E-state index in [-0.39, 0.29) is 11.1 Å². The predicted octanol–water partition coefficient (Wildman–Crippen LogP) is 8.13. The fourth-order valence-electron chi connectivity index (χ4n) is 4.05. The van der Waals surface area contributed by atoms with Gasteiger partial charge >= 0.3 is 17.9 Å². The van der Waals surface area contributed by atoms with Gasteiger partial charge in [0.1, 0.15) is 17.2 Å². The van der Waals surface area contributed by atoms with E-state index in [1.165, 1.54) is 75.8 Å². The highest BCUT2D eigenvalue weighted by Gasteiger charge is 2.12. The first kappa shape index (κ1) is 31.1. The van der Waals surface area contributed by atoms with Gasteiger partial charge in [0, 0.05) is 5.57 Å². The van der Waals surface area contributed by atoms with Gasteiger partial charge in [-0.15, -0.1) is 0 Å². The number of carboxylic acids is 1. The molecular formula is C34H38O7. The molecule has 0 saturated heterocycles. The molecule has 0 aliphatic rings. The molecule has 7 heteroatoms. The molecule has 3 aromatic rings. The third kappa shape index (κ3) is 11.0. The third-order valence-electron chi connectivity index (χ3n) is 6.47. The van der Waals surface area contributed by atoms with Gasteiger partial charge < -0.3 is 19.3 Å².